The van der Waals surface area contributed by atoms with E-state index in [4.69, 9.17) is 0 Å². The fourth-order valence-electron chi connectivity index (χ4n) is 3.89. The summed E-state index contributed by atoms with van der Waals surface area (Å²) >= 11 is 0. The molecule has 1 aromatic heterocycles. The second-order valence-corrected chi connectivity index (χ2v) is 7.13. The van der Waals surface area contributed by atoms with E-state index in [-0.39, 0.29) is 18.0 Å². The Morgan fingerprint density at radius 3 is 2.44 bits per heavy atom. The summed E-state index contributed by atoms with van der Waals surface area (Å²) in [5, 5.41) is 0.554. The van der Waals surface area contributed by atoms with Gasteiger partial charge in [0.2, 0.25) is 5.91 Å². The topological polar surface area (TPSA) is 55.2 Å². The van der Waals surface area contributed by atoms with Crippen LogP contribution in [0.15, 0.2) is 59.4 Å². The predicted molar refractivity (Wildman–Crippen MR) is 106 cm³/mol. The highest BCUT2D eigenvalue weighted by Crippen LogP contribution is 2.27. The molecule has 0 bridgehead atoms. The minimum Gasteiger partial charge on any atom is -0.341 e. The molecule has 3 aromatic rings. The van der Waals surface area contributed by atoms with Crippen LogP contribution < -0.4 is 5.56 Å². The number of carbonyl (C=O) groups is 1. The summed E-state index contributed by atoms with van der Waals surface area (Å²) < 4.78 is 1.49. The molecule has 5 nitrogen and oxygen atoms in total. The van der Waals surface area contributed by atoms with Gasteiger partial charge in [0, 0.05) is 13.1 Å². The summed E-state index contributed by atoms with van der Waals surface area (Å²) in [6, 6.07) is 17.7. The maximum absolute atomic E-state index is 12.8. The minimum absolute atomic E-state index is 0.0104. The van der Waals surface area contributed by atoms with Crippen LogP contribution in [0.4, 0.5) is 0 Å². The molecule has 0 aliphatic carbocycles. The second kappa shape index (κ2) is 7.35. The van der Waals surface area contributed by atoms with Crippen molar-refractivity contribution in [2.45, 2.75) is 32.2 Å². The third-order valence-electron chi connectivity index (χ3n) is 5.46. The Morgan fingerprint density at radius 1 is 1.04 bits per heavy atom. The molecule has 1 fully saturated rings. The summed E-state index contributed by atoms with van der Waals surface area (Å²) in [4.78, 5) is 31.9. The molecule has 2 heterocycles. The van der Waals surface area contributed by atoms with Gasteiger partial charge in [0.05, 0.1) is 10.9 Å². The van der Waals surface area contributed by atoms with Crippen molar-refractivity contribution in [2.75, 3.05) is 13.1 Å². The number of hydrogen-bond acceptors (Lipinski definition) is 3. The molecule has 138 valence electrons. The first-order chi connectivity index (χ1) is 13.1. The van der Waals surface area contributed by atoms with Crippen LogP contribution in [-0.4, -0.2) is 33.4 Å². The number of nitrogens with zero attached hydrogens (tertiary/aromatic N) is 3. The van der Waals surface area contributed by atoms with Crippen molar-refractivity contribution >= 4 is 16.8 Å². The van der Waals surface area contributed by atoms with E-state index in [2.05, 4.69) is 29.2 Å². The van der Waals surface area contributed by atoms with Crippen LogP contribution in [0.25, 0.3) is 10.9 Å². The number of para-hydroxylation sites is 1. The first-order valence-electron chi connectivity index (χ1n) is 9.42. The number of fused-ring (bicyclic) bond motifs is 1. The number of benzene rings is 2. The molecule has 1 aliphatic rings. The highest BCUT2D eigenvalue weighted by atomic mass is 16.2. The summed E-state index contributed by atoms with van der Waals surface area (Å²) in [6.45, 7) is 3.29. The summed E-state index contributed by atoms with van der Waals surface area (Å²) in [5.74, 6) is 1.07. The molecule has 4 rings (SSSR count). The van der Waals surface area contributed by atoms with Crippen molar-refractivity contribution in [1.82, 2.24) is 14.5 Å². The molecule has 0 N–H and O–H groups in total. The van der Waals surface area contributed by atoms with Crippen molar-refractivity contribution in [3.63, 3.8) is 0 Å². The number of rotatable bonds is 3. The number of likely N-dealkylation sites (tertiary alicyclic amines) is 1. The first kappa shape index (κ1) is 17.5. The van der Waals surface area contributed by atoms with Gasteiger partial charge >= 0.3 is 0 Å². The van der Waals surface area contributed by atoms with E-state index < -0.39 is 0 Å². The Hall–Kier alpha value is -2.95. The van der Waals surface area contributed by atoms with Gasteiger partial charge in [-0.25, -0.2) is 4.98 Å². The number of carbonyl (C=O) groups excluding carboxylic acids is 1. The molecule has 2 aromatic carbocycles. The van der Waals surface area contributed by atoms with Crippen LogP contribution in [0.3, 0.4) is 0 Å². The largest absolute Gasteiger partial charge is 0.341 e. The second-order valence-electron chi connectivity index (χ2n) is 7.13. The van der Waals surface area contributed by atoms with Crippen molar-refractivity contribution in [2.24, 2.45) is 0 Å². The summed E-state index contributed by atoms with van der Waals surface area (Å²) in [7, 11) is 0. The number of amides is 1. The summed E-state index contributed by atoms with van der Waals surface area (Å²) in [6.07, 6.45) is 1.92. The van der Waals surface area contributed by atoms with Gasteiger partial charge < -0.3 is 4.90 Å². The zero-order valence-corrected chi connectivity index (χ0v) is 15.5. The molecule has 0 atom stereocenters. The van der Waals surface area contributed by atoms with Gasteiger partial charge in [-0.05, 0) is 43.4 Å². The Labute approximate surface area is 158 Å². The van der Waals surface area contributed by atoms with Crippen molar-refractivity contribution in [3.8, 4) is 0 Å². The lowest BCUT2D eigenvalue weighted by Crippen LogP contribution is -2.41. The molecule has 0 radical (unpaired) electrons. The first-order valence-corrected chi connectivity index (χ1v) is 9.42. The normalized spacial score (nSPS) is 15.2. The van der Waals surface area contributed by atoms with Gasteiger partial charge in [-0.3, -0.25) is 14.2 Å². The molecular formula is C22H23N3O2. The van der Waals surface area contributed by atoms with Crippen LogP contribution in [-0.2, 0) is 11.3 Å². The molecule has 27 heavy (non-hydrogen) atoms. The number of hydrogen-bond donors (Lipinski definition) is 0. The molecule has 1 aliphatic heterocycles. The zero-order valence-electron chi connectivity index (χ0n) is 15.5. The van der Waals surface area contributed by atoms with Crippen LogP contribution in [0.5, 0.6) is 0 Å². The van der Waals surface area contributed by atoms with E-state index in [0.717, 1.165) is 25.9 Å². The average molecular weight is 361 g/mol. The van der Waals surface area contributed by atoms with Crippen LogP contribution in [0.2, 0.25) is 0 Å². The molecule has 0 spiro atoms. The minimum atomic E-state index is -0.148. The van der Waals surface area contributed by atoms with E-state index in [1.807, 2.05) is 29.2 Å². The number of piperidine rings is 1. The van der Waals surface area contributed by atoms with E-state index in [1.165, 1.54) is 10.1 Å². The SMILES string of the molecule is Cc1nc2ccccc2c(=O)n1CC(=O)N1CCC(c2ccccc2)CC1. The number of aryl methyl sites for hydroxylation is 1. The zero-order chi connectivity index (χ0) is 18.8. The molecule has 1 saturated heterocycles. The molecule has 0 saturated carbocycles. The third kappa shape index (κ3) is 3.50. The van der Waals surface area contributed by atoms with E-state index in [0.29, 0.717) is 22.6 Å². The summed E-state index contributed by atoms with van der Waals surface area (Å²) in [5.41, 5.74) is 1.87. The monoisotopic (exact) mass is 361 g/mol. The Balaban J connectivity index is 1.47. The Morgan fingerprint density at radius 2 is 1.70 bits per heavy atom. The maximum atomic E-state index is 12.8. The lowest BCUT2D eigenvalue weighted by atomic mass is 9.89. The van der Waals surface area contributed by atoms with Gasteiger partial charge in [0.1, 0.15) is 12.4 Å². The fraction of sp³-hybridized carbons (Fsp3) is 0.318. The van der Waals surface area contributed by atoms with Gasteiger partial charge in [-0.15, -0.1) is 0 Å². The van der Waals surface area contributed by atoms with Gasteiger partial charge in [0.25, 0.3) is 5.56 Å². The Kier molecular flexibility index (Phi) is 4.75. The highest BCUT2D eigenvalue weighted by Gasteiger charge is 2.24. The molecular weight excluding hydrogens is 338 g/mol. The van der Waals surface area contributed by atoms with E-state index in [1.54, 1.807) is 13.0 Å². The standard InChI is InChI=1S/C22H23N3O2/c1-16-23-20-10-6-5-9-19(20)22(27)25(16)15-21(26)24-13-11-18(12-14-24)17-7-3-2-4-8-17/h2-10,18H,11-15H2,1H3. The molecule has 0 unspecified atom stereocenters. The van der Waals surface area contributed by atoms with Crippen molar-refractivity contribution < 1.29 is 4.79 Å². The Bertz CT molecular complexity index is 1020. The maximum Gasteiger partial charge on any atom is 0.261 e. The average Bonchev–Trinajstić information content (AvgIpc) is 2.72. The van der Waals surface area contributed by atoms with E-state index >= 15 is 0 Å². The highest BCUT2D eigenvalue weighted by molar-refractivity contribution is 5.79. The predicted octanol–water partition coefficient (Wildman–Crippen LogP) is 3.11. The quantitative estimate of drug-likeness (QED) is 0.720. The van der Waals surface area contributed by atoms with Gasteiger partial charge in [-0.1, -0.05) is 42.5 Å². The van der Waals surface area contributed by atoms with Gasteiger partial charge in [-0.2, -0.15) is 0 Å². The van der Waals surface area contributed by atoms with Crippen LogP contribution in [0, 0.1) is 6.92 Å². The molecule has 1 amide bonds. The fourth-order valence-corrected chi connectivity index (χ4v) is 3.89. The lowest BCUT2D eigenvalue weighted by molar-refractivity contribution is -0.133. The number of aromatic nitrogens is 2. The van der Waals surface area contributed by atoms with Gasteiger partial charge in [0.15, 0.2) is 0 Å². The molecule has 5 heteroatoms. The van der Waals surface area contributed by atoms with Crippen LogP contribution >= 0.6 is 0 Å². The van der Waals surface area contributed by atoms with Crippen molar-refractivity contribution in [1.29, 1.82) is 0 Å². The smallest absolute Gasteiger partial charge is 0.261 e. The third-order valence-corrected chi connectivity index (χ3v) is 5.46. The van der Waals surface area contributed by atoms with Crippen LogP contribution in [0.1, 0.15) is 30.1 Å². The van der Waals surface area contributed by atoms with E-state index in [9.17, 15) is 9.59 Å². The lowest BCUT2D eigenvalue weighted by Gasteiger charge is -2.32. The van der Waals surface area contributed by atoms with Crippen molar-refractivity contribution in [3.05, 3.63) is 76.3 Å².